The van der Waals surface area contributed by atoms with Gasteiger partial charge in [0, 0.05) is 5.56 Å². The molecule has 6 atom stereocenters. The standard InChI is InChI=1S/C14H14O6/c1-14(7-5-3-2-4-6-7)19-11-10-9(18-13(11)20-14)8(15)12(16)17-10/h2-6,8-11,13,15H,1H3/t8-,9+,10-,11+,13+,14+/m0/s1. The smallest absolute Gasteiger partial charge is 0.338 e. The van der Waals surface area contributed by atoms with Crippen molar-refractivity contribution < 1.29 is 28.8 Å². The minimum atomic E-state index is -1.26. The van der Waals surface area contributed by atoms with Gasteiger partial charge >= 0.3 is 5.97 Å². The molecule has 3 fully saturated rings. The lowest BCUT2D eigenvalue weighted by molar-refractivity contribution is -0.230. The molecule has 1 aromatic rings. The summed E-state index contributed by atoms with van der Waals surface area (Å²) >= 11 is 0. The molecule has 3 heterocycles. The lowest BCUT2D eigenvalue weighted by atomic mass is 10.1. The number of carbonyl (C=O) groups excluding carboxylic acids is 1. The first-order valence-electron chi connectivity index (χ1n) is 6.54. The number of benzene rings is 1. The van der Waals surface area contributed by atoms with E-state index in [9.17, 15) is 9.90 Å². The molecule has 1 aromatic carbocycles. The summed E-state index contributed by atoms with van der Waals surface area (Å²) in [6, 6.07) is 9.49. The molecule has 6 nitrogen and oxygen atoms in total. The van der Waals surface area contributed by atoms with Crippen LogP contribution in [0.4, 0.5) is 0 Å². The van der Waals surface area contributed by atoms with Crippen molar-refractivity contribution in [1.29, 1.82) is 0 Å². The number of fused-ring (bicyclic) bond motifs is 3. The molecule has 0 aromatic heterocycles. The number of aliphatic hydroxyl groups is 1. The summed E-state index contributed by atoms with van der Waals surface area (Å²) in [4.78, 5) is 11.4. The van der Waals surface area contributed by atoms with Crippen molar-refractivity contribution in [1.82, 2.24) is 0 Å². The minimum Gasteiger partial charge on any atom is -0.454 e. The predicted molar refractivity (Wildman–Crippen MR) is 64.3 cm³/mol. The molecule has 4 rings (SSSR count). The normalized spacial score (nSPS) is 46.1. The number of aliphatic hydroxyl groups excluding tert-OH is 1. The van der Waals surface area contributed by atoms with Crippen molar-refractivity contribution in [2.45, 2.75) is 43.4 Å². The SMILES string of the molecule is C[C@]1(c2ccccc2)O[C@H]2O[C@H]3[C@H](OC(=O)[C@H]3O)[C@H]2O1. The third kappa shape index (κ3) is 1.56. The van der Waals surface area contributed by atoms with Crippen LogP contribution in [-0.2, 0) is 29.5 Å². The first-order valence-corrected chi connectivity index (χ1v) is 6.54. The Labute approximate surface area is 115 Å². The molecule has 3 aliphatic heterocycles. The van der Waals surface area contributed by atoms with Crippen LogP contribution in [0.25, 0.3) is 0 Å². The van der Waals surface area contributed by atoms with Gasteiger partial charge in [0.2, 0.25) is 0 Å². The molecule has 0 radical (unpaired) electrons. The van der Waals surface area contributed by atoms with Gasteiger partial charge in [-0.05, 0) is 6.92 Å². The molecule has 20 heavy (non-hydrogen) atoms. The van der Waals surface area contributed by atoms with E-state index in [4.69, 9.17) is 18.9 Å². The highest BCUT2D eigenvalue weighted by atomic mass is 16.8. The number of hydrogen-bond donors (Lipinski definition) is 1. The maximum atomic E-state index is 11.4. The zero-order valence-electron chi connectivity index (χ0n) is 10.8. The van der Waals surface area contributed by atoms with Gasteiger partial charge in [-0.15, -0.1) is 0 Å². The van der Waals surface area contributed by atoms with E-state index in [1.807, 2.05) is 30.3 Å². The zero-order valence-corrected chi connectivity index (χ0v) is 10.8. The topological polar surface area (TPSA) is 74.2 Å². The molecule has 1 N–H and O–H groups in total. The Morgan fingerprint density at radius 1 is 1.10 bits per heavy atom. The molecule has 0 bridgehead atoms. The molecular weight excluding hydrogens is 264 g/mol. The molecule has 0 spiro atoms. The van der Waals surface area contributed by atoms with Gasteiger partial charge in [-0.2, -0.15) is 0 Å². The van der Waals surface area contributed by atoms with Gasteiger partial charge in [0.25, 0.3) is 0 Å². The fraction of sp³-hybridized carbons (Fsp3) is 0.500. The number of carbonyl (C=O) groups is 1. The van der Waals surface area contributed by atoms with Crippen LogP contribution < -0.4 is 0 Å². The molecule has 0 amide bonds. The van der Waals surface area contributed by atoms with Crippen molar-refractivity contribution in [3.63, 3.8) is 0 Å². The molecule has 6 heteroatoms. The van der Waals surface area contributed by atoms with Crippen LogP contribution in [0.3, 0.4) is 0 Å². The van der Waals surface area contributed by atoms with E-state index in [2.05, 4.69) is 0 Å². The van der Waals surface area contributed by atoms with E-state index in [0.717, 1.165) is 5.56 Å². The fourth-order valence-corrected chi connectivity index (χ4v) is 2.98. The Hall–Kier alpha value is -1.47. The molecule has 3 aliphatic rings. The Balaban J connectivity index is 1.60. The number of ether oxygens (including phenoxy) is 4. The van der Waals surface area contributed by atoms with E-state index in [1.165, 1.54) is 0 Å². The summed E-state index contributed by atoms with van der Waals surface area (Å²) in [5, 5.41) is 9.66. The van der Waals surface area contributed by atoms with Gasteiger partial charge in [0.1, 0.15) is 6.10 Å². The second kappa shape index (κ2) is 4.02. The Morgan fingerprint density at radius 2 is 1.85 bits per heavy atom. The van der Waals surface area contributed by atoms with E-state index < -0.39 is 42.5 Å². The lowest BCUT2D eigenvalue weighted by Crippen LogP contribution is -2.35. The first-order chi connectivity index (χ1) is 9.58. The molecule has 0 saturated carbocycles. The van der Waals surface area contributed by atoms with Crippen molar-refractivity contribution >= 4 is 5.97 Å². The van der Waals surface area contributed by atoms with Crippen LogP contribution >= 0.6 is 0 Å². The molecule has 0 unspecified atom stereocenters. The first kappa shape index (κ1) is 12.3. The third-order valence-electron chi connectivity index (χ3n) is 4.01. The highest BCUT2D eigenvalue weighted by Crippen LogP contribution is 2.46. The van der Waals surface area contributed by atoms with Gasteiger partial charge < -0.3 is 24.1 Å². The van der Waals surface area contributed by atoms with Gasteiger partial charge in [-0.3, -0.25) is 0 Å². The van der Waals surface area contributed by atoms with Crippen molar-refractivity contribution in [3.05, 3.63) is 35.9 Å². The molecule has 3 saturated heterocycles. The Morgan fingerprint density at radius 3 is 2.60 bits per heavy atom. The summed E-state index contributed by atoms with van der Waals surface area (Å²) in [7, 11) is 0. The van der Waals surface area contributed by atoms with Gasteiger partial charge in [0.15, 0.2) is 30.4 Å². The average molecular weight is 278 g/mol. The van der Waals surface area contributed by atoms with E-state index in [-0.39, 0.29) is 0 Å². The number of rotatable bonds is 1. The predicted octanol–water partition coefficient (Wildman–Crippen LogP) is 0.286. The third-order valence-corrected chi connectivity index (χ3v) is 4.01. The van der Waals surface area contributed by atoms with Crippen molar-refractivity contribution in [2.24, 2.45) is 0 Å². The van der Waals surface area contributed by atoms with E-state index in [1.54, 1.807) is 6.92 Å². The summed E-state index contributed by atoms with van der Waals surface area (Å²) in [5.74, 6) is -1.61. The van der Waals surface area contributed by atoms with E-state index >= 15 is 0 Å². The van der Waals surface area contributed by atoms with Crippen LogP contribution in [-0.4, -0.2) is 41.8 Å². The van der Waals surface area contributed by atoms with Gasteiger partial charge in [0.05, 0.1) is 0 Å². The minimum absolute atomic E-state index is 0.522. The summed E-state index contributed by atoms with van der Waals surface area (Å²) in [6.07, 6.45) is -3.75. The van der Waals surface area contributed by atoms with Crippen LogP contribution in [0.15, 0.2) is 30.3 Å². The van der Waals surface area contributed by atoms with E-state index in [0.29, 0.717) is 0 Å². The van der Waals surface area contributed by atoms with Crippen LogP contribution in [0.2, 0.25) is 0 Å². The number of esters is 1. The largest absolute Gasteiger partial charge is 0.454 e. The molecule has 0 aliphatic carbocycles. The van der Waals surface area contributed by atoms with Crippen LogP contribution in [0.1, 0.15) is 12.5 Å². The summed E-state index contributed by atoms with van der Waals surface area (Å²) in [5.41, 5.74) is 0.861. The maximum Gasteiger partial charge on any atom is 0.338 e. The Kier molecular flexibility index (Phi) is 2.47. The highest BCUT2D eigenvalue weighted by molar-refractivity contribution is 5.78. The summed E-state index contributed by atoms with van der Waals surface area (Å²) in [6.45, 7) is 1.80. The summed E-state index contributed by atoms with van der Waals surface area (Å²) < 4.78 is 22.5. The molecular formula is C14H14O6. The van der Waals surface area contributed by atoms with Gasteiger partial charge in [-0.25, -0.2) is 4.79 Å². The van der Waals surface area contributed by atoms with Crippen LogP contribution in [0.5, 0.6) is 0 Å². The van der Waals surface area contributed by atoms with Crippen molar-refractivity contribution in [3.8, 4) is 0 Å². The average Bonchev–Trinajstić information content (AvgIpc) is 3.03. The number of hydrogen-bond acceptors (Lipinski definition) is 6. The zero-order chi connectivity index (χ0) is 13.9. The van der Waals surface area contributed by atoms with Crippen LogP contribution in [0, 0.1) is 0 Å². The second-order valence-electron chi connectivity index (χ2n) is 5.33. The maximum absolute atomic E-state index is 11.4. The van der Waals surface area contributed by atoms with Crippen molar-refractivity contribution in [2.75, 3.05) is 0 Å². The quantitative estimate of drug-likeness (QED) is 0.744. The van der Waals surface area contributed by atoms with Gasteiger partial charge in [-0.1, -0.05) is 30.3 Å². The monoisotopic (exact) mass is 278 g/mol. The molecule has 106 valence electrons. The fourth-order valence-electron chi connectivity index (χ4n) is 2.98. The lowest BCUT2D eigenvalue weighted by Gasteiger charge is -2.26. The second-order valence-corrected chi connectivity index (χ2v) is 5.33. The highest BCUT2D eigenvalue weighted by Gasteiger charge is 2.63. The Bertz CT molecular complexity index is 546.